The lowest BCUT2D eigenvalue weighted by molar-refractivity contribution is 0.129. The predicted molar refractivity (Wildman–Crippen MR) is 63.4 cm³/mol. The lowest BCUT2D eigenvalue weighted by Gasteiger charge is -2.17. The van der Waals surface area contributed by atoms with E-state index < -0.39 is 0 Å². The Morgan fingerprint density at radius 3 is 2.75 bits per heavy atom. The molecule has 1 saturated carbocycles. The molecule has 1 aromatic heterocycles. The van der Waals surface area contributed by atoms with Crippen LogP contribution in [0.4, 0.5) is 0 Å². The van der Waals surface area contributed by atoms with Crippen LogP contribution in [0.25, 0.3) is 0 Å². The zero-order valence-electron chi connectivity index (χ0n) is 10.3. The third-order valence-electron chi connectivity index (χ3n) is 3.59. The Labute approximate surface area is 96.7 Å². The van der Waals surface area contributed by atoms with Crippen LogP contribution in [0.5, 0.6) is 0 Å². The Kier molecular flexibility index (Phi) is 3.30. The third-order valence-corrected chi connectivity index (χ3v) is 3.59. The van der Waals surface area contributed by atoms with Gasteiger partial charge in [0, 0.05) is 17.8 Å². The first-order valence-corrected chi connectivity index (χ1v) is 6.02. The van der Waals surface area contributed by atoms with Crippen molar-refractivity contribution in [2.45, 2.75) is 51.8 Å². The van der Waals surface area contributed by atoms with Crippen LogP contribution in [0.1, 0.15) is 42.3 Å². The minimum atomic E-state index is -0.222. The highest BCUT2D eigenvalue weighted by Gasteiger charge is 2.29. The highest BCUT2D eigenvalue weighted by atomic mass is 16.3. The van der Waals surface area contributed by atoms with Crippen molar-refractivity contribution in [1.82, 2.24) is 15.1 Å². The molecular formula is C12H21N3O. The summed E-state index contributed by atoms with van der Waals surface area (Å²) < 4.78 is 2.03. The highest BCUT2D eigenvalue weighted by Crippen LogP contribution is 2.31. The van der Waals surface area contributed by atoms with Crippen LogP contribution in [0.3, 0.4) is 0 Å². The first-order valence-electron chi connectivity index (χ1n) is 6.02. The summed E-state index contributed by atoms with van der Waals surface area (Å²) in [6, 6.07) is 0.185. The van der Waals surface area contributed by atoms with Crippen molar-refractivity contribution < 1.29 is 5.11 Å². The Hall–Kier alpha value is -0.870. The van der Waals surface area contributed by atoms with Crippen LogP contribution in [0.2, 0.25) is 0 Å². The molecule has 2 atom stereocenters. The van der Waals surface area contributed by atoms with Crippen LogP contribution in [-0.2, 0) is 6.54 Å². The second-order valence-electron chi connectivity index (χ2n) is 4.69. The molecule has 0 radical (unpaired) electrons. The van der Waals surface area contributed by atoms with Crippen molar-refractivity contribution in [3.05, 3.63) is 17.0 Å². The fraction of sp³-hybridized carbons (Fsp3) is 0.750. The van der Waals surface area contributed by atoms with Gasteiger partial charge in [-0.2, -0.15) is 5.10 Å². The number of hydrogen-bond acceptors (Lipinski definition) is 3. The van der Waals surface area contributed by atoms with Gasteiger partial charge in [-0.05, 0) is 40.2 Å². The number of rotatable bonds is 3. The van der Waals surface area contributed by atoms with Gasteiger partial charge in [0.2, 0.25) is 0 Å². The van der Waals surface area contributed by atoms with Crippen LogP contribution in [0, 0.1) is 13.8 Å². The summed E-state index contributed by atoms with van der Waals surface area (Å²) >= 11 is 0. The zero-order chi connectivity index (χ0) is 11.7. The first kappa shape index (κ1) is 11.6. The molecule has 1 aliphatic carbocycles. The van der Waals surface area contributed by atoms with Gasteiger partial charge in [0.25, 0.3) is 0 Å². The lowest BCUT2D eigenvalue weighted by atomic mass is 10.1. The number of aromatic nitrogens is 2. The largest absolute Gasteiger partial charge is 0.391 e. The SMILES string of the molecule is CNCc1c(C)nn(C2CCCC2O)c1C. The molecule has 0 saturated heterocycles. The molecule has 90 valence electrons. The molecule has 0 amide bonds. The summed E-state index contributed by atoms with van der Waals surface area (Å²) in [6.07, 6.45) is 2.83. The van der Waals surface area contributed by atoms with E-state index in [1.165, 1.54) is 11.3 Å². The normalized spacial score (nSPS) is 25.2. The van der Waals surface area contributed by atoms with E-state index in [9.17, 15) is 5.11 Å². The van der Waals surface area contributed by atoms with E-state index in [1.54, 1.807) is 0 Å². The van der Waals surface area contributed by atoms with Gasteiger partial charge in [-0.3, -0.25) is 4.68 Å². The van der Waals surface area contributed by atoms with Gasteiger partial charge in [0.05, 0.1) is 17.8 Å². The van der Waals surface area contributed by atoms with E-state index in [0.29, 0.717) is 0 Å². The van der Waals surface area contributed by atoms with E-state index in [2.05, 4.69) is 17.3 Å². The molecule has 0 bridgehead atoms. The highest BCUT2D eigenvalue weighted by molar-refractivity contribution is 5.25. The van der Waals surface area contributed by atoms with Gasteiger partial charge in [-0.15, -0.1) is 0 Å². The average Bonchev–Trinajstić information content (AvgIpc) is 2.77. The van der Waals surface area contributed by atoms with Crippen molar-refractivity contribution in [3.63, 3.8) is 0 Å². The van der Waals surface area contributed by atoms with E-state index >= 15 is 0 Å². The van der Waals surface area contributed by atoms with Crippen molar-refractivity contribution in [1.29, 1.82) is 0 Å². The van der Waals surface area contributed by atoms with Crippen LogP contribution in [-0.4, -0.2) is 28.0 Å². The number of nitrogens with zero attached hydrogens (tertiary/aromatic N) is 2. The smallest absolute Gasteiger partial charge is 0.0781 e. The molecule has 1 fully saturated rings. The van der Waals surface area contributed by atoms with E-state index in [-0.39, 0.29) is 12.1 Å². The fourth-order valence-corrected chi connectivity index (χ4v) is 2.66. The molecule has 1 aromatic rings. The quantitative estimate of drug-likeness (QED) is 0.812. The molecule has 2 N–H and O–H groups in total. The predicted octanol–water partition coefficient (Wildman–Crippen LogP) is 1.31. The van der Waals surface area contributed by atoms with Gasteiger partial charge >= 0.3 is 0 Å². The summed E-state index contributed by atoms with van der Waals surface area (Å²) in [6.45, 7) is 4.98. The third kappa shape index (κ3) is 1.87. The van der Waals surface area contributed by atoms with Crippen molar-refractivity contribution in [2.24, 2.45) is 0 Å². The first-order chi connectivity index (χ1) is 7.65. The molecule has 2 unspecified atom stereocenters. The Morgan fingerprint density at radius 1 is 1.44 bits per heavy atom. The summed E-state index contributed by atoms with van der Waals surface area (Å²) in [5.41, 5.74) is 3.53. The van der Waals surface area contributed by atoms with Crippen LogP contribution in [0.15, 0.2) is 0 Å². The van der Waals surface area contributed by atoms with E-state index in [1.807, 2.05) is 18.7 Å². The minimum Gasteiger partial charge on any atom is -0.391 e. The average molecular weight is 223 g/mol. The topological polar surface area (TPSA) is 50.1 Å². The minimum absolute atomic E-state index is 0.185. The molecule has 4 nitrogen and oxygen atoms in total. The Bertz CT molecular complexity index is 373. The number of hydrogen-bond donors (Lipinski definition) is 2. The van der Waals surface area contributed by atoms with Gasteiger partial charge in [0.15, 0.2) is 0 Å². The molecule has 0 aliphatic heterocycles. The maximum Gasteiger partial charge on any atom is 0.0781 e. The van der Waals surface area contributed by atoms with Gasteiger partial charge in [-0.1, -0.05) is 0 Å². The number of aliphatic hydroxyl groups is 1. The number of aliphatic hydroxyl groups excluding tert-OH is 1. The van der Waals surface area contributed by atoms with Gasteiger partial charge in [0.1, 0.15) is 0 Å². The van der Waals surface area contributed by atoms with E-state index in [4.69, 9.17) is 0 Å². The maximum atomic E-state index is 9.92. The molecule has 0 aromatic carbocycles. The summed E-state index contributed by atoms with van der Waals surface area (Å²) in [5.74, 6) is 0. The molecule has 0 spiro atoms. The number of nitrogens with one attached hydrogen (secondary N) is 1. The van der Waals surface area contributed by atoms with Crippen molar-refractivity contribution in [2.75, 3.05) is 7.05 Å². The molecular weight excluding hydrogens is 202 g/mol. The molecule has 2 rings (SSSR count). The zero-order valence-corrected chi connectivity index (χ0v) is 10.3. The monoisotopic (exact) mass is 223 g/mol. The van der Waals surface area contributed by atoms with Crippen LogP contribution < -0.4 is 5.32 Å². The second kappa shape index (κ2) is 4.55. The van der Waals surface area contributed by atoms with Gasteiger partial charge in [-0.25, -0.2) is 0 Å². The van der Waals surface area contributed by atoms with Crippen LogP contribution >= 0.6 is 0 Å². The number of aryl methyl sites for hydroxylation is 1. The Balaban J connectivity index is 2.31. The van der Waals surface area contributed by atoms with Crippen molar-refractivity contribution >= 4 is 0 Å². The molecule has 1 aliphatic rings. The molecule has 16 heavy (non-hydrogen) atoms. The molecule has 1 heterocycles. The second-order valence-corrected chi connectivity index (χ2v) is 4.69. The maximum absolute atomic E-state index is 9.92. The standard InChI is InChI=1S/C12H21N3O/c1-8-10(7-13-3)9(2)15(14-8)11-5-4-6-12(11)16/h11-13,16H,4-7H2,1-3H3. The van der Waals surface area contributed by atoms with E-state index in [0.717, 1.165) is 31.5 Å². The van der Waals surface area contributed by atoms with Crippen molar-refractivity contribution in [3.8, 4) is 0 Å². The fourth-order valence-electron chi connectivity index (χ4n) is 2.66. The lowest BCUT2D eigenvalue weighted by Crippen LogP contribution is -2.20. The Morgan fingerprint density at radius 2 is 2.19 bits per heavy atom. The summed E-state index contributed by atoms with van der Waals surface area (Å²) in [5, 5.41) is 17.7. The molecule has 4 heteroatoms. The summed E-state index contributed by atoms with van der Waals surface area (Å²) in [4.78, 5) is 0. The summed E-state index contributed by atoms with van der Waals surface area (Å²) in [7, 11) is 1.95. The van der Waals surface area contributed by atoms with Gasteiger partial charge < -0.3 is 10.4 Å².